The highest BCUT2D eigenvalue weighted by molar-refractivity contribution is 5.90. The van der Waals surface area contributed by atoms with Crippen LogP contribution in [0.1, 0.15) is 12.5 Å². The third kappa shape index (κ3) is 2.84. The SMILES string of the molecule is CC(=O)Nc1ccccc1Oc1nccc(C#N)c1N. The van der Waals surface area contributed by atoms with Crippen molar-refractivity contribution in [2.24, 2.45) is 0 Å². The van der Waals surface area contributed by atoms with E-state index in [0.29, 0.717) is 11.4 Å². The van der Waals surface area contributed by atoms with Crippen molar-refractivity contribution in [1.82, 2.24) is 4.98 Å². The number of nitrogens with two attached hydrogens (primary N) is 1. The van der Waals surface area contributed by atoms with Gasteiger partial charge in [-0.25, -0.2) is 4.98 Å². The van der Waals surface area contributed by atoms with E-state index in [9.17, 15) is 4.79 Å². The second-order valence-corrected chi connectivity index (χ2v) is 3.97. The van der Waals surface area contributed by atoms with Gasteiger partial charge in [-0.15, -0.1) is 0 Å². The van der Waals surface area contributed by atoms with Crippen molar-refractivity contribution in [1.29, 1.82) is 5.26 Å². The molecule has 1 aromatic heterocycles. The molecule has 2 aromatic rings. The Morgan fingerprint density at radius 1 is 1.40 bits per heavy atom. The summed E-state index contributed by atoms with van der Waals surface area (Å²) in [6, 6.07) is 10.3. The summed E-state index contributed by atoms with van der Waals surface area (Å²) in [4.78, 5) is 15.1. The summed E-state index contributed by atoms with van der Waals surface area (Å²) in [5.74, 6) is 0.312. The fourth-order valence-electron chi connectivity index (χ4n) is 1.59. The number of carbonyl (C=O) groups is 1. The van der Waals surface area contributed by atoms with Crippen LogP contribution in [0.2, 0.25) is 0 Å². The van der Waals surface area contributed by atoms with Crippen molar-refractivity contribution in [3.05, 3.63) is 42.1 Å². The normalized spacial score (nSPS) is 9.60. The molecule has 0 radical (unpaired) electrons. The summed E-state index contributed by atoms with van der Waals surface area (Å²) in [6.45, 7) is 1.40. The van der Waals surface area contributed by atoms with Gasteiger partial charge in [0.05, 0.1) is 11.3 Å². The molecule has 0 aliphatic carbocycles. The van der Waals surface area contributed by atoms with Gasteiger partial charge in [-0.2, -0.15) is 5.26 Å². The van der Waals surface area contributed by atoms with Gasteiger partial charge >= 0.3 is 0 Å². The maximum atomic E-state index is 11.1. The molecule has 0 aliphatic rings. The molecular formula is C14H12N4O2. The molecule has 3 N–H and O–H groups in total. The number of anilines is 2. The van der Waals surface area contributed by atoms with Gasteiger partial charge in [0.2, 0.25) is 11.8 Å². The fourth-order valence-corrected chi connectivity index (χ4v) is 1.59. The molecule has 100 valence electrons. The van der Waals surface area contributed by atoms with Gasteiger partial charge in [0.15, 0.2) is 5.75 Å². The maximum Gasteiger partial charge on any atom is 0.244 e. The molecular weight excluding hydrogens is 256 g/mol. The molecule has 2 rings (SSSR count). The van der Waals surface area contributed by atoms with Crippen molar-refractivity contribution in [2.45, 2.75) is 6.92 Å². The zero-order valence-corrected chi connectivity index (χ0v) is 10.8. The summed E-state index contributed by atoms with van der Waals surface area (Å²) < 4.78 is 5.58. The zero-order chi connectivity index (χ0) is 14.5. The number of aromatic nitrogens is 1. The molecule has 1 heterocycles. The number of nitriles is 1. The molecule has 6 nitrogen and oxygen atoms in total. The molecule has 1 aromatic carbocycles. The molecule has 0 unspecified atom stereocenters. The largest absolute Gasteiger partial charge is 0.435 e. The number of nitrogens with zero attached hydrogens (tertiary/aromatic N) is 2. The Balaban J connectivity index is 2.36. The van der Waals surface area contributed by atoms with Crippen LogP contribution < -0.4 is 15.8 Å². The number of benzene rings is 1. The number of hydrogen-bond donors (Lipinski definition) is 2. The van der Waals surface area contributed by atoms with Gasteiger partial charge in [-0.3, -0.25) is 4.79 Å². The van der Waals surface area contributed by atoms with Crippen molar-refractivity contribution < 1.29 is 9.53 Å². The molecule has 0 aliphatic heterocycles. The molecule has 0 bridgehead atoms. The van der Waals surface area contributed by atoms with Crippen LogP contribution >= 0.6 is 0 Å². The van der Waals surface area contributed by atoms with E-state index < -0.39 is 0 Å². The van der Waals surface area contributed by atoms with E-state index in [-0.39, 0.29) is 23.0 Å². The van der Waals surface area contributed by atoms with E-state index in [1.165, 1.54) is 19.2 Å². The van der Waals surface area contributed by atoms with E-state index in [4.69, 9.17) is 15.7 Å². The lowest BCUT2D eigenvalue weighted by Crippen LogP contribution is -2.07. The van der Waals surface area contributed by atoms with Crippen molar-refractivity contribution in [2.75, 3.05) is 11.1 Å². The third-order valence-corrected chi connectivity index (χ3v) is 2.48. The minimum atomic E-state index is -0.215. The van der Waals surface area contributed by atoms with Crippen LogP contribution in [-0.2, 0) is 4.79 Å². The number of pyridine rings is 1. The highest BCUT2D eigenvalue weighted by Gasteiger charge is 2.11. The Hall–Kier alpha value is -3.07. The van der Waals surface area contributed by atoms with Gasteiger partial charge in [-0.05, 0) is 18.2 Å². The van der Waals surface area contributed by atoms with E-state index >= 15 is 0 Å². The van der Waals surface area contributed by atoms with E-state index in [0.717, 1.165) is 0 Å². The Morgan fingerprint density at radius 2 is 2.15 bits per heavy atom. The fraction of sp³-hybridized carbons (Fsp3) is 0.0714. The molecule has 0 saturated carbocycles. The van der Waals surface area contributed by atoms with Crippen LogP contribution in [0.4, 0.5) is 11.4 Å². The number of nitrogen functional groups attached to an aromatic ring is 1. The average molecular weight is 268 g/mol. The quantitative estimate of drug-likeness (QED) is 0.889. The second kappa shape index (κ2) is 5.71. The van der Waals surface area contributed by atoms with Crippen LogP contribution in [0.5, 0.6) is 11.6 Å². The first-order valence-corrected chi connectivity index (χ1v) is 5.81. The minimum Gasteiger partial charge on any atom is -0.435 e. The Morgan fingerprint density at radius 3 is 2.85 bits per heavy atom. The topological polar surface area (TPSA) is 101 Å². The zero-order valence-electron chi connectivity index (χ0n) is 10.8. The molecule has 0 saturated heterocycles. The van der Waals surface area contributed by atoms with Crippen LogP contribution in [0.25, 0.3) is 0 Å². The summed E-state index contributed by atoms with van der Waals surface area (Å²) in [7, 11) is 0. The number of carbonyl (C=O) groups excluding carboxylic acids is 1. The second-order valence-electron chi connectivity index (χ2n) is 3.97. The van der Waals surface area contributed by atoms with Crippen LogP contribution in [0.15, 0.2) is 36.5 Å². The number of para-hydroxylation sites is 2. The van der Waals surface area contributed by atoms with Gasteiger partial charge < -0.3 is 15.8 Å². The summed E-state index contributed by atoms with van der Waals surface area (Å²) in [5.41, 5.74) is 6.74. The summed E-state index contributed by atoms with van der Waals surface area (Å²) in [6.07, 6.45) is 1.44. The molecule has 20 heavy (non-hydrogen) atoms. The number of nitrogens with one attached hydrogen (secondary N) is 1. The molecule has 0 spiro atoms. The number of ether oxygens (including phenoxy) is 1. The van der Waals surface area contributed by atoms with Crippen molar-refractivity contribution in [3.63, 3.8) is 0 Å². The standard InChI is InChI=1S/C14H12N4O2/c1-9(19)18-11-4-2-3-5-12(11)20-14-13(16)10(8-15)6-7-17-14/h2-7H,16H2,1H3,(H,18,19). The van der Waals surface area contributed by atoms with Crippen LogP contribution in [-0.4, -0.2) is 10.9 Å². The number of amides is 1. The lowest BCUT2D eigenvalue weighted by atomic mass is 10.2. The van der Waals surface area contributed by atoms with E-state index in [1.54, 1.807) is 24.3 Å². The van der Waals surface area contributed by atoms with Crippen molar-refractivity contribution >= 4 is 17.3 Å². The molecule has 0 atom stereocenters. The van der Waals surface area contributed by atoms with Crippen molar-refractivity contribution in [3.8, 4) is 17.7 Å². The third-order valence-electron chi connectivity index (χ3n) is 2.48. The van der Waals surface area contributed by atoms with Gasteiger partial charge in [0.1, 0.15) is 11.8 Å². The first-order valence-electron chi connectivity index (χ1n) is 5.81. The highest BCUT2D eigenvalue weighted by Crippen LogP contribution is 2.32. The predicted molar refractivity (Wildman–Crippen MR) is 74.2 cm³/mol. The predicted octanol–water partition coefficient (Wildman–Crippen LogP) is 2.29. The Bertz CT molecular complexity index is 692. The van der Waals surface area contributed by atoms with Crippen LogP contribution in [0.3, 0.4) is 0 Å². The number of hydrogen-bond acceptors (Lipinski definition) is 5. The lowest BCUT2D eigenvalue weighted by Gasteiger charge is -2.12. The van der Waals surface area contributed by atoms with Gasteiger partial charge in [0.25, 0.3) is 0 Å². The summed E-state index contributed by atoms with van der Waals surface area (Å²) in [5, 5.41) is 11.6. The Labute approximate surface area is 115 Å². The van der Waals surface area contributed by atoms with E-state index in [1.807, 2.05) is 6.07 Å². The Kier molecular flexibility index (Phi) is 3.82. The smallest absolute Gasteiger partial charge is 0.244 e. The first-order chi connectivity index (χ1) is 9.61. The van der Waals surface area contributed by atoms with E-state index in [2.05, 4.69) is 10.3 Å². The average Bonchev–Trinajstić information content (AvgIpc) is 2.42. The van der Waals surface area contributed by atoms with Gasteiger partial charge in [0, 0.05) is 13.1 Å². The molecule has 1 amide bonds. The highest BCUT2D eigenvalue weighted by atomic mass is 16.5. The number of rotatable bonds is 3. The maximum absolute atomic E-state index is 11.1. The lowest BCUT2D eigenvalue weighted by molar-refractivity contribution is -0.114. The van der Waals surface area contributed by atoms with Gasteiger partial charge in [-0.1, -0.05) is 12.1 Å². The first kappa shape index (κ1) is 13.4. The van der Waals surface area contributed by atoms with Crippen LogP contribution in [0, 0.1) is 11.3 Å². The molecule has 0 fully saturated rings. The minimum absolute atomic E-state index is 0.127. The summed E-state index contributed by atoms with van der Waals surface area (Å²) >= 11 is 0. The monoisotopic (exact) mass is 268 g/mol. The molecule has 6 heteroatoms.